The topological polar surface area (TPSA) is 95.7 Å². The highest BCUT2D eigenvalue weighted by molar-refractivity contribution is 5.93. The number of hydrazine groups is 2. The minimum Gasteiger partial charge on any atom is -0.365 e. The second-order valence-corrected chi connectivity index (χ2v) is 6.64. The Labute approximate surface area is 147 Å². The van der Waals surface area contributed by atoms with E-state index in [-0.39, 0.29) is 24.4 Å². The Morgan fingerprint density at radius 2 is 2.16 bits per heavy atom. The molecule has 1 saturated heterocycles. The Kier molecular flexibility index (Phi) is 4.73. The Hall–Kier alpha value is -1.91. The fraction of sp³-hybridized carbons (Fsp3) is 0.562. The molecule has 0 radical (unpaired) electrons. The predicted octanol–water partition coefficient (Wildman–Crippen LogP) is -2.14. The molecule has 1 fully saturated rings. The van der Waals surface area contributed by atoms with Gasteiger partial charge in [0.05, 0.1) is 6.17 Å². The highest BCUT2D eigenvalue weighted by atomic mass is 16.2. The first-order valence-electron chi connectivity index (χ1n) is 8.82. The zero-order valence-corrected chi connectivity index (χ0v) is 14.3. The van der Waals surface area contributed by atoms with Crippen LogP contribution in [0.3, 0.4) is 0 Å². The Balaban J connectivity index is 1.39. The van der Waals surface area contributed by atoms with Crippen LogP contribution in [-0.2, 0) is 4.79 Å². The third-order valence-corrected chi connectivity index (χ3v) is 5.02. The molecule has 9 nitrogen and oxygen atoms in total. The number of amides is 1. The van der Waals surface area contributed by atoms with Gasteiger partial charge in [0.2, 0.25) is 0 Å². The van der Waals surface area contributed by atoms with Crippen LogP contribution in [0.2, 0.25) is 0 Å². The molecule has 0 bridgehead atoms. The lowest BCUT2D eigenvalue weighted by atomic mass is 10.2. The van der Waals surface area contributed by atoms with Crippen molar-refractivity contribution >= 4 is 5.91 Å². The number of hydrogen-bond donors (Lipinski definition) is 6. The van der Waals surface area contributed by atoms with Gasteiger partial charge in [0, 0.05) is 31.9 Å². The van der Waals surface area contributed by atoms with Crippen LogP contribution in [0, 0.1) is 0 Å². The standard InChI is InChI=1S/C16H26N8O/c1-17-11-6-8-23(10-11)15-5-4-14-18-9-12(24(14)22-15)16(25)20-13-3-2-7-19-21-13/h2-5,9,11,13-15,17-19,21-22H,6-8,10H2,1H3,(H,20,25)/t11-,13?,14?,15?/m0/s1. The van der Waals surface area contributed by atoms with E-state index in [9.17, 15) is 4.79 Å². The van der Waals surface area contributed by atoms with Gasteiger partial charge in [0.25, 0.3) is 5.91 Å². The van der Waals surface area contributed by atoms with E-state index in [0.717, 1.165) is 26.1 Å². The van der Waals surface area contributed by atoms with Crippen molar-refractivity contribution in [2.75, 3.05) is 26.7 Å². The third-order valence-electron chi connectivity index (χ3n) is 5.02. The Morgan fingerprint density at radius 3 is 2.92 bits per heavy atom. The van der Waals surface area contributed by atoms with Crippen molar-refractivity contribution in [2.24, 2.45) is 0 Å². The van der Waals surface area contributed by atoms with Gasteiger partial charge in [-0.25, -0.2) is 10.9 Å². The number of rotatable bonds is 4. The van der Waals surface area contributed by atoms with Crippen molar-refractivity contribution < 1.29 is 4.79 Å². The van der Waals surface area contributed by atoms with E-state index in [1.54, 1.807) is 6.20 Å². The molecule has 6 N–H and O–H groups in total. The summed E-state index contributed by atoms with van der Waals surface area (Å²) in [6.45, 7) is 2.79. The number of fused-ring (bicyclic) bond motifs is 1. The molecule has 0 saturated carbocycles. The van der Waals surface area contributed by atoms with Crippen LogP contribution >= 0.6 is 0 Å². The largest absolute Gasteiger partial charge is 0.365 e. The molecule has 25 heavy (non-hydrogen) atoms. The van der Waals surface area contributed by atoms with Gasteiger partial charge in [0.15, 0.2) is 0 Å². The van der Waals surface area contributed by atoms with E-state index in [2.05, 4.69) is 49.3 Å². The fourth-order valence-corrected chi connectivity index (χ4v) is 3.58. The van der Waals surface area contributed by atoms with Crippen LogP contribution in [-0.4, -0.2) is 67.0 Å². The fourth-order valence-electron chi connectivity index (χ4n) is 3.58. The molecule has 0 aromatic heterocycles. The minimum absolute atomic E-state index is 0.0346. The van der Waals surface area contributed by atoms with Gasteiger partial charge in [-0.2, -0.15) is 0 Å². The maximum Gasteiger partial charge on any atom is 0.272 e. The average molecular weight is 346 g/mol. The smallest absolute Gasteiger partial charge is 0.272 e. The number of likely N-dealkylation sites (tertiary alicyclic amines) is 1. The Bertz CT molecular complexity index is 603. The van der Waals surface area contributed by atoms with E-state index in [4.69, 9.17) is 0 Å². The summed E-state index contributed by atoms with van der Waals surface area (Å²) in [7, 11) is 2.01. The van der Waals surface area contributed by atoms with Crippen molar-refractivity contribution in [1.82, 2.24) is 42.1 Å². The van der Waals surface area contributed by atoms with Crippen molar-refractivity contribution in [1.29, 1.82) is 0 Å². The molecular weight excluding hydrogens is 320 g/mol. The second-order valence-electron chi connectivity index (χ2n) is 6.64. The maximum absolute atomic E-state index is 12.6. The molecule has 4 heterocycles. The highest BCUT2D eigenvalue weighted by Gasteiger charge is 2.36. The monoisotopic (exact) mass is 346 g/mol. The lowest BCUT2D eigenvalue weighted by Gasteiger charge is -2.38. The Morgan fingerprint density at radius 1 is 1.28 bits per heavy atom. The second kappa shape index (κ2) is 7.14. The molecule has 3 unspecified atom stereocenters. The van der Waals surface area contributed by atoms with Gasteiger partial charge < -0.3 is 16.0 Å². The first-order chi connectivity index (χ1) is 12.2. The molecule has 4 aliphatic heterocycles. The van der Waals surface area contributed by atoms with Crippen LogP contribution in [0.4, 0.5) is 0 Å². The summed E-state index contributed by atoms with van der Waals surface area (Å²) in [5.41, 5.74) is 10.1. The van der Waals surface area contributed by atoms with Crippen LogP contribution in [0.15, 0.2) is 36.2 Å². The molecule has 0 spiro atoms. The number of hydrogen-bond acceptors (Lipinski definition) is 8. The van der Waals surface area contributed by atoms with Crippen LogP contribution in [0.25, 0.3) is 0 Å². The van der Waals surface area contributed by atoms with E-state index in [1.807, 2.05) is 24.2 Å². The lowest BCUT2D eigenvalue weighted by Crippen LogP contribution is -2.59. The molecule has 0 aliphatic carbocycles. The number of carbonyl (C=O) groups is 1. The summed E-state index contributed by atoms with van der Waals surface area (Å²) in [6.07, 6.45) is 10.9. The van der Waals surface area contributed by atoms with Crippen molar-refractivity contribution in [3.05, 3.63) is 36.2 Å². The summed E-state index contributed by atoms with van der Waals surface area (Å²) in [5.74, 6) is -0.128. The highest BCUT2D eigenvalue weighted by Crippen LogP contribution is 2.21. The summed E-state index contributed by atoms with van der Waals surface area (Å²) < 4.78 is 0. The van der Waals surface area contributed by atoms with E-state index in [1.165, 1.54) is 0 Å². The van der Waals surface area contributed by atoms with E-state index in [0.29, 0.717) is 11.7 Å². The molecule has 0 aromatic carbocycles. The first-order valence-corrected chi connectivity index (χ1v) is 8.82. The minimum atomic E-state index is -0.215. The molecule has 136 valence electrons. The first kappa shape index (κ1) is 16.6. The van der Waals surface area contributed by atoms with Crippen molar-refractivity contribution in [2.45, 2.75) is 31.0 Å². The number of carbonyl (C=O) groups excluding carboxylic acids is 1. The van der Waals surface area contributed by atoms with Crippen LogP contribution < -0.4 is 32.2 Å². The number of nitrogens with one attached hydrogen (secondary N) is 6. The quantitative estimate of drug-likeness (QED) is 0.321. The molecule has 0 aromatic rings. The van der Waals surface area contributed by atoms with Gasteiger partial charge in [-0.15, -0.1) is 0 Å². The van der Waals surface area contributed by atoms with Crippen molar-refractivity contribution in [3.63, 3.8) is 0 Å². The van der Waals surface area contributed by atoms with Crippen LogP contribution in [0.1, 0.15) is 6.42 Å². The number of likely N-dealkylation sites (N-methyl/N-ethyl adjacent to an activating group) is 1. The van der Waals surface area contributed by atoms with Gasteiger partial charge >= 0.3 is 0 Å². The zero-order valence-electron chi connectivity index (χ0n) is 14.3. The van der Waals surface area contributed by atoms with Gasteiger partial charge in [-0.05, 0) is 25.6 Å². The zero-order chi connectivity index (χ0) is 17.2. The van der Waals surface area contributed by atoms with Gasteiger partial charge in [-0.1, -0.05) is 12.2 Å². The average Bonchev–Trinajstić information content (AvgIpc) is 3.29. The normalized spacial score (nSPS) is 34.6. The number of nitrogens with zero attached hydrogens (tertiary/aromatic N) is 2. The maximum atomic E-state index is 12.6. The SMILES string of the molecule is CN[C@H]1CCN(C2C=CC3NC=C(C(=O)NC4C=CCNN4)N3N2)C1. The summed E-state index contributed by atoms with van der Waals surface area (Å²) in [4.78, 5) is 15.0. The third kappa shape index (κ3) is 3.42. The summed E-state index contributed by atoms with van der Waals surface area (Å²) in [5, 5.41) is 11.4. The molecule has 1 amide bonds. The van der Waals surface area contributed by atoms with E-state index >= 15 is 0 Å². The molecule has 9 heteroatoms. The molecule has 4 aliphatic rings. The predicted molar refractivity (Wildman–Crippen MR) is 94.2 cm³/mol. The van der Waals surface area contributed by atoms with Gasteiger partial charge in [0.1, 0.15) is 18.0 Å². The van der Waals surface area contributed by atoms with Gasteiger partial charge in [-0.3, -0.25) is 20.1 Å². The van der Waals surface area contributed by atoms with Crippen molar-refractivity contribution in [3.8, 4) is 0 Å². The molecular formula is C16H26N8O. The molecule has 4 rings (SSSR count). The summed E-state index contributed by atoms with van der Waals surface area (Å²) >= 11 is 0. The lowest BCUT2D eigenvalue weighted by molar-refractivity contribution is -0.120. The van der Waals surface area contributed by atoms with E-state index < -0.39 is 0 Å². The van der Waals surface area contributed by atoms with Crippen LogP contribution in [0.5, 0.6) is 0 Å². The molecule has 4 atom stereocenters. The summed E-state index contributed by atoms with van der Waals surface area (Å²) in [6, 6.07) is 0.527.